The number of unbranched alkanes of at least 4 members (excludes halogenated alkanes) is 1. The Morgan fingerprint density at radius 1 is 1.31 bits per heavy atom. The molecule has 0 aliphatic heterocycles. The lowest BCUT2D eigenvalue weighted by Gasteiger charge is -2.15. The third-order valence-corrected chi connectivity index (χ3v) is 5.16. The number of alkyl halides is 3. The summed E-state index contributed by atoms with van der Waals surface area (Å²) in [7, 11) is 0. The van der Waals surface area contributed by atoms with Gasteiger partial charge >= 0.3 is 12.1 Å². The fourth-order valence-corrected chi connectivity index (χ4v) is 3.48. The summed E-state index contributed by atoms with van der Waals surface area (Å²) in [5.74, 6) is -1.37. The number of carbonyl (C=O) groups is 2. The molecule has 2 N–H and O–H groups in total. The molecule has 1 fully saturated rings. The van der Waals surface area contributed by atoms with Gasteiger partial charge in [-0.05, 0) is 37.5 Å². The molecule has 32 heavy (non-hydrogen) atoms. The number of carboxylic acids is 1. The number of ketones is 1. The quantitative estimate of drug-likeness (QED) is 0.366. The summed E-state index contributed by atoms with van der Waals surface area (Å²) in [4.78, 5) is 22.8. The van der Waals surface area contributed by atoms with Gasteiger partial charge in [0.2, 0.25) is 0 Å². The number of aliphatic carboxylic acids is 1. The van der Waals surface area contributed by atoms with Crippen molar-refractivity contribution in [1.29, 1.82) is 0 Å². The van der Waals surface area contributed by atoms with Crippen LogP contribution in [0.1, 0.15) is 37.7 Å². The van der Waals surface area contributed by atoms with E-state index in [-0.39, 0.29) is 42.8 Å². The van der Waals surface area contributed by atoms with E-state index in [2.05, 4.69) is 6.58 Å². The van der Waals surface area contributed by atoms with E-state index in [1.165, 1.54) is 18.2 Å². The van der Waals surface area contributed by atoms with Gasteiger partial charge in [-0.15, -0.1) is 0 Å². The third-order valence-electron chi connectivity index (χ3n) is 5.16. The minimum Gasteiger partial charge on any atom is -0.491 e. The standard InChI is InChI=1S/C24H27F3O5/c1-16-13-22(29)21(9-4-2-3-5-10-23(30)31)20(16)12-11-18(28)15-32-19-8-6-7-17(14-19)24(25,26)27/h2,4,6-8,11-12,14,18,20-21,28H,1,3,5,9-10,13,15H2,(H,30,31)/t18?,20-,21+/m0/s1. The number of ether oxygens (including phenoxy) is 1. The van der Waals surface area contributed by atoms with Gasteiger partial charge in [0.25, 0.3) is 0 Å². The molecule has 2 rings (SSSR count). The topological polar surface area (TPSA) is 83.8 Å². The Morgan fingerprint density at radius 3 is 2.75 bits per heavy atom. The van der Waals surface area contributed by atoms with E-state index in [1.807, 2.05) is 12.2 Å². The highest BCUT2D eigenvalue weighted by molar-refractivity contribution is 5.87. The monoisotopic (exact) mass is 452 g/mol. The van der Waals surface area contributed by atoms with E-state index >= 15 is 0 Å². The Hall–Kier alpha value is -2.87. The number of allylic oxidation sites excluding steroid dienone is 4. The zero-order chi connectivity index (χ0) is 23.7. The number of aliphatic hydroxyl groups excluding tert-OH is 1. The number of aliphatic hydroxyl groups is 1. The van der Waals surface area contributed by atoms with Crippen molar-refractivity contribution in [3.05, 3.63) is 66.3 Å². The minimum absolute atomic E-state index is 0.00126. The number of hydrogen-bond donors (Lipinski definition) is 2. The average Bonchev–Trinajstić information content (AvgIpc) is 2.99. The van der Waals surface area contributed by atoms with E-state index < -0.39 is 23.8 Å². The Labute approximate surface area is 184 Å². The lowest BCUT2D eigenvalue weighted by molar-refractivity contribution is -0.138. The Kier molecular flexibility index (Phi) is 9.26. The summed E-state index contributed by atoms with van der Waals surface area (Å²) in [6.07, 6.45) is 3.29. The number of rotatable bonds is 11. The highest BCUT2D eigenvalue weighted by atomic mass is 19.4. The molecule has 0 bridgehead atoms. The van der Waals surface area contributed by atoms with Crippen molar-refractivity contribution in [2.75, 3.05) is 6.61 Å². The molecule has 0 radical (unpaired) electrons. The largest absolute Gasteiger partial charge is 0.491 e. The van der Waals surface area contributed by atoms with Crippen LogP contribution in [0.2, 0.25) is 0 Å². The minimum atomic E-state index is -4.48. The summed E-state index contributed by atoms with van der Waals surface area (Å²) in [6, 6.07) is 4.41. The predicted octanol–water partition coefficient (Wildman–Crippen LogP) is 4.96. The second kappa shape index (κ2) is 11.7. The number of halogens is 3. The lowest BCUT2D eigenvalue weighted by atomic mass is 9.89. The Bertz CT molecular complexity index is 873. The molecular weight excluding hydrogens is 425 g/mol. The molecule has 0 saturated heterocycles. The highest BCUT2D eigenvalue weighted by Gasteiger charge is 2.35. The van der Waals surface area contributed by atoms with Crippen LogP contribution in [0.4, 0.5) is 13.2 Å². The van der Waals surface area contributed by atoms with Crippen LogP contribution in [0.25, 0.3) is 0 Å². The number of hydrogen-bond acceptors (Lipinski definition) is 4. The van der Waals surface area contributed by atoms with E-state index in [0.717, 1.165) is 17.7 Å². The molecule has 0 heterocycles. The van der Waals surface area contributed by atoms with E-state index in [9.17, 15) is 27.9 Å². The fourth-order valence-electron chi connectivity index (χ4n) is 3.48. The van der Waals surface area contributed by atoms with Crippen LogP contribution in [-0.2, 0) is 15.8 Å². The van der Waals surface area contributed by atoms with Crippen LogP contribution in [0.3, 0.4) is 0 Å². The maximum absolute atomic E-state index is 12.8. The second-order valence-corrected chi connectivity index (χ2v) is 7.72. The van der Waals surface area contributed by atoms with Gasteiger partial charge in [0.1, 0.15) is 24.2 Å². The molecule has 1 saturated carbocycles. The smallest absolute Gasteiger partial charge is 0.416 e. The molecule has 0 amide bonds. The van der Waals surface area contributed by atoms with Crippen molar-refractivity contribution in [2.24, 2.45) is 11.8 Å². The highest BCUT2D eigenvalue weighted by Crippen LogP contribution is 2.36. The van der Waals surface area contributed by atoms with Crippen molar-refractivity contribution < 1.29 is 37.7 Å². The van der Waals surface area contributed by atoms with Gasteiger partial charge in [0.05, 0.1) is 5.56 Å². The van der Waals surface area contributed by atoms with Gasteiger partial charge in [-0.3, -0.25) is 9.59 Å². The summed E-state index contributed by atoms with van der Waals surface area (Å²) in [5.41, 5.74) is -0.0961. The van der Waals surface area contributed by atoms with Gasteiger partial charge in [0.15, 0.2) is 0 Å². The summed E-state index contributed by atoms with van der Waals surface area (Å²) in [6.45, 7) is 3.70. The summed E-state index contributed by atoms with van der Waals surface area (Å²) in [5, 5.41) is 18.8. The fraction of sp³-hybridized carbons (Fsp3) is 0.417. The van der Waals surface area contributed by atoms with Crippen molar-refractivity contribution >= 4 is 11.8 Å². The second-order valence-electron chi connectivity index (χ2n) is 7.72. The molecule has 1 unspecified atom stereocenters. The van der Waals surface area contributed by atoms with E-state index in [1.54, 1.807) is 6.08 Å². The number of carbonyl (C=O) groups excluding carboxylic acids is 1. The SMILES string of the molecule is C=C1CC(=O)[C@H](CC=CCCCC(=O)O)[C@H]1C=CC(O)COc1cccc(C(F)(F)F)c1. The molecule has 0 spiro atoms. The molecule has 1 aromatic carbocycles. The van der Waals surface area contributed by atoms with Gasteiger partial charge in [-0.1, -0.05) is 42.5 Å². The van der Waals surface area contributed by atoms with E-state index in [4.69, 9.17) is 9.84 Å². The van der Waals surface area contributed by atoms with Crippen LogP contribution in [-0.4, -0.2) is 34.7 Å². The van der Waals surface area contributed by atoms with Gasteiger partial charge in [-0.2, -0.15) is 13.2 Å². The van der Waals surface area contributed by atoms with Crippen molar-refractivity contribution in [3.8, 4) is 5.75 Å². The zero-order valence-corrected chi connectivity index (χ0v) is 17.6. The lowest BCUT2D eigenvalue weighted by Crippen LogP contribution is -2.17. The molecule has 0 aromatic heterocycles. The van der Waals surface area contributed by atoms with Crippen molar-refractivity contribution in [2.45, 2.75) is 44.4 Å². The van der Waals surface area contributed by atoms with Crippen molar-refractivity contribution in [1.82, 2.24) is 0 Å². The van der Waals surface area contributed by atoms with Gasteiger partial charge in [-0.25, -0.2) is 0 Å². The van der Waals surface area contributed by atoms with Crippen LogP contribution in [0.15, 0.2) is 60.7 Å². The molecule has 5 nitrogen and oxygen atoms in total. The molecular formula is C24H27F3O5. The van der Waals surface area contributed by atoms with Gasteiger partial charge < -0.3 is 14.9 Å². The molecule has 3 atom stereocenters. The number of Topliss-reactive ketones (excluding diaryl/α,β-unsaturated/α-hetero) is 1. The molecule has 1 aliphatic carbocycles. The first-order valence-corrected chi connectivity index (χ1v) is 10.3. The molecule has 1 aromatic rings. The third kappa shape index (κ3) is 8.00. The average molecular weight is 452 g/mol. The van der Waals surface area contributed by atoms with E-state index in [0.29, 0.717) is 19.3 Å². The number of benzene rings is 1. The molecule has 174 valence electrons. The maximum atomic E-state index is 12.8. The van der Waals surface area contributed by atoms with Crippen LogP contribution >= 0.6 is 0 Å². The summed E-state index contributed by atoms with van der Waals surface area (Å²) < 4.78 is 43.6. The van der Waals surface area contributed by atoms with Gasteiger partial charge in [0, 0.05) is 24.7 Å². The first kappa shape index (κ1) is 25.4. The maximum Gasteiger partial charge on any atom is 0.416 e. The van der Waals surface area contributed by atoms with Crippen LogP contribution < -0.4 is 4.74 Å². The first-order chi connectivity index (χ1) is 15.1. The number of carboxylic acid groups (broad SMARTS) is 1. The Balaban J connectivity index is 1.89. The summed E-state index contributed by atoms with van der Waals surface area (Å²) >= 11 is 0. The predicted molar refractivity (Wildman–Crippen MR) is 113 cm³/mol. The van der Waals surface area contributed by atoms with Crippen LogP contribution in [0.5, 0.6) is 5.75 Å². The Morgan fingerprint density at radius 2 is 2.06 bits per heavy atom. The van der Waals surface area contributed by atoms with Crippen LogP contribution in [0, 0.1) is 11.8 Å². The van der Waals surface area contributed by atoms with Crippen molar-refractivity contribution in [3.63, 3.8) is 0 Å². The molecule has 1 aliphatic rings. The zero-order valence-electron chi connectivity index (χ0n) is 17.6. The normalized spacial score (nSPS) is 20.4. The molecule has 8 heteroatoms. The first-order valence-electron chi connectivity index (χ1n) is 10.3.